The summed E-state index contributed by atoms with van der Waals surface area (Å²) in [5.41, 5.74) is 5.82. The van der Waals surface area contributed by atoms with E-state index in [0.29, 0.717) is 12.2 Å². The molecule has 0 bridgehead atoms. The highest BCUT2D eigenvalue weighted by Gasteiger charge is 2.03. The van der Waals surface area contributed by atoms with Crippen LogP contribution in [0.3, 0.4) is 0 Å². The molecule has 0 saturated heterocycles. The number of unbranched alkanes of at least 4 members (excludes halogenated alkanes) is 1. The van der Waals surface area contributed by atoms with E-state index in [9.17, 15) is 9.59 Å². The standard InChI is InChI=1S/C12H19N3O2S/c1-18-7-3-2-6-14-11(16)9-15-8-10(13)4-5-12(15)17/h4-5,8H,2-3,6-7,9,13H2,1H3,(H,14,16). The lowest BCUT2D eigenvalue weighted by atomic mass is 10.3. The third kappa shape index (κ3) is 5.27. The molecule has 1 heterocycles. The van der Waals surface area contributed by atoms with E-state index in [1.807, 2.05) is 0 Å². The van der Waals surface area contributed by atoms with Crippen LogP contribution in [0, 0.1) is 0 Å². The predicted molar refractivity (Wildman–Crippen MR) is 75.7 cm³/mol. The highest BCUT2D eigenvalue weighted by molar-refractivity contribution is 7.98. The number of pyridine rings is 1. The van der Waals surface area contributed by atoms with Gasteiger partial charge in [0, 0.05) is 24.5 Å². The summed E-state index contributed by atoms with van der Waals surface area (Å²) >= 11 is 1.79. The number of rotatable bonds is 7. The summed E-state index contributed by atoms with van der Waals surface area (Å²) in [5.74, 6) is 0.941. The van der Waals surface area contributed by atoms with Crippen molar-refractivity contribution in [2.75, 3.05) is 24.3 Å². The quantitative estimate of drug-likeness (QED) is 0.714. The first-order valence-electron chi connectivity index (χ1n) is 5.85. The van der Waals surface area contributed by atoms with Crippen LogP contribution in [0.25, 0.3) is 0 Å². The van der Waals surface area contributed by atoms with Crippen LogP contribution in [-0.4, -0.2) is 29.0 Å². The van der Waals surface area contributed by atoms with Crippen LogP contribution in [0.5, 0.6) is 0 Å². The first kappa shape index (κ1) is 14.6. The molecule has 5 nitrogen and oxygen atoms in total. The van der Waals surface area contributed by atoms with Crippen LogP contribution < -0.4 is 16.6 Å². The zero-order chi connectivity index (χ0) is 13.4. The number of nitrogen functional groups attached to an aromatic ring is 1. The van der Waals surface area contributed by atoms with Crippen molar-refractivity contribution in [2.45, 2.75) is 19.4 Å². The summed E-state index contributed by atoms with van der Waals surface area (Å²) in [6.07, 6.45) is 5.58. The van der Waals surface area contributed by atoms with Crippen molar-refractivity contribution >= 4 is 23.4 Å². The number of amides is 1. The molecule has 100 valence electrons. The molecule has 0 aliphatic rings. The van der Waals surface area contributed by atoms with Crippen LogP contribution in [-0.2, 0) is 11.3 Å². The average Bonchev–Trinajstić information content (AvgIpc) is 2.33. The molecule has 0 aliphatic heterocycles. The van der Waals surface area contributed by atoms with Crippen LogP contribution in [0.1, 0.15) is 12.8 Å². The first-order chi connectivity index (χ1) is 8.63. The number of aromatic nitrogens is 1. The molecule has 0 spiro atoms. The third-order valence-electron chi connectivity index (χ3n) is 2.42. The minimum Gasteiger partial charge on any atom is -0.398 e. The number of nitrogens with one attached hydrogen (secondary N) is 1. The second-order valence-electron chi connectivity index (χ2n) is 3.98. The number of hydrogen-bond donors (Lipinski definition) is 2. The molecule has 1 aromatic rings. The van der Waals surface area contributed by atoms with E-state index < -0.39 is 0 Å². The fraction of sp³-hybridized carbons (Fsp3) is 0.500. The number of anilines is 1. The van der Waals surface area contributed by atoms with Crippen molar-refractivity contribution in [3.8, 4) is 0 Å². The van der Waals surface area contributed by atoms with Crippen LogP contribution >= 0.6 is 11.8 Å². The maximum atomic E-state index is 11.6. The monoisotopic (exact) mass is 269 g/mol. The Bertz CT molecular complexity index is 445. The largest absolute Gasteiger partial charge is 0.398 e. The van der Waals surface area contributed by atoms with Crippen LogP contribution in [0.15, 0.2) is 23.1 Å². The summed E-state index contributed by atoms with van der Waals surface area (Å²) < 4.78 is 1.31. The number of nitrogens with zero attached hydrogens (tertiary/aromatic N) is 1. The minimum absolute atomic E-state index is 0.0202. The zero-order valence-corrected chi connectivity index (χ0v) is 11.3. The first-order valence-corrected chi connectivity index (χ1v) is 7.24. The smallest absolute Gasteiger partial charge is 0.251 e. The molecular formula is C12H19N3O2S. The lowest BCUT2D eigenvalue weighted by molar-refractivity contribution is -0.121. The minimum atomic E-state index is -0.221. The Kier molecular flexibility index (Phi) is 6.35. The van der Waals surface area contributed by atoms with E-state index in [4.69, 9.17) is 5.73 Å². The highest BCUT2D eigenvalue weighted by atomic mass is 32.2. The van der Waals surface area contributed by atoms with Crippen molar-refractivity contribution in [1.29, 1.82) is 0 Å². The van der Waals surface area contributed by atoms with Gasteiger partial charge in [0.05, 0.1) is 0 Å². The molecule has 18 heavy (non-hydrogen) atoms. The second kappa shape index (κ2) is 7.81. The molecule has 3 N–H and O–H groups in total. The molecule has 0 atom stereocenters. The van der Waals surface area contributed by atoms with Gasteiger partial charge >= 0.3 is 0 Å². The fourth-order valence-electron chi connectivity index (χ4n) is 1.48. The van der Waals surface area contributed by atoms with Gasteiger partial charge in [0.15, 0.2) is 0 Å². The van der Waals surface area contributed by atoms with Gasteiger partial charge in [-0.3, -0.25) is 9.59 Å². The normalized spacial score (nSPS) is 10.3. The molecule has 1 amide bonds. The summed E-state index contributed by atoms with van der Waals surface area (Å²) in [4.78, 5) is 23.0. The van der Waals surface area contributed by atoms with Gasteiger partial charge in [0.1, 0.15) is 6.54 Å². The molecule has 1 aromatic heterocycles. The second-order valence-corrected chi connectivity index (χ2v) is 4.96. The van der Waals surface area contributed by atoms with Gasteiger partial charge < -0.3 is 15.6 Å². The molecule has 0 aliphatic carbocycles. The number of nitrogens with two attached hydrogens (primary N) is 1. The van der Waals surface area contributed by atoms with Crippen LogP contribution in [0.4, 0.5) is 5.69 Å². The molecule has 0 aromatic carbocycles. The Morgan fingerprint density at radius 1 is 1.44 bits per heavy atom. The Morgan fingerprint density at radius 2 is 2.22 bits per heavy atom. The SMILES string of the molecule is CSCCCCNC(=O)Cn1cc(N)ccc1=O. The van der Waals surface area contributed by atoms with Crippen molar-refractivity contribution in [3.63, 3.8) is 0 Å². The molecule has 0 radical (unpaired) electrons. The molecule has 0 fully saturated rings. The third-order valence-corrected chi connectivity index (χ3v) is 3.11. The summed E-state index contributed by atoms with van der Waals surface area (Å²) in [7, 11) is 0. The molecular weight excluding hydrogens is 250 g/mol. The molecule has 0 saturated carbocycles. The summed E-state index contributed by atoms with van der Waals surface area (Å²) in [6.45, 7) is 0.670. The number of carbonyl (C=O) groups excluding carboxylic acids is 1. The highest BCUT2D eigenvalue weighted by Crippen LogP contribution is 1.98. The Hall–Kier alpha value is -1.43. The van der Waals surface area contributed by atoms with Gasteiger partial charge in [-0.15, -0.1) is 0 Å². The lowest BCUT2D eigenvalue weighted by Gasteiger charge is -2.07. The van der Waals surface area contributed by atoms with Gasteiger partial charge in [-0.2, -0.15) is 11.8 Å². The maximum absolute atomic E-state index is 11.6. The van der Waals surface area contributed by atoms with Crippen molar-refractivity contribution in [1.82, 2.24) is 9.88 Å². The van der Waals surface area contributed by atoms with Crippen molar-refractivity contribution in [2.24, 2.45) is 0 Å². The van der Waals surface area contributed by atoms with Crippen molar-refractivity contribution in [3.05, 3.63) is 28.7 Å². The van der Waals surface area contributed by atoms with Crippen molar-refractivity contribution < 1.29 is 4.79 Å². The van der Waals surface area contributed by atoms with E-state index in [-0.39, 0.29) is 18.0 Å². The van der Waals surface area contributed by atoms with Gasteiger partial charge in [0.25, 0.3) is 5.56 Å². The molecule has 0 unspecified atom stereocenters. The molecule has 6 heteroatoms. The number of hydrogen-bond acceptors (Lipinski definition) is 4. The van der Waals surface area contributed by atoms with Gasteiger partial charge in [-0.1, -0.05) is 0 Å². The van der Waals surface area contributed by atoms with E-state index in [1.165, 1.54) is 22.9 Å². The van der Waals surface area contributed by atoms with Gasteiger partial charge in [-0.25, -0.2) is 0 Å². The molecule has 1 rings (SSSR count). The van der Waals surface area contributed by atoms with E-state index in [2.05, 4.69) is 11.6 Å². The number of carbonyl (C=O) groups is 1. The van der Waals surface area contributed by atoms with E-state index in [1.54, 1.807) is 11.8 Å². The number of thioether (sulfide) groups is 1. The Morgan fingerprint density at radius 3 is 2.94 bits per heavy atom. The zero-order valence-electron chi connectivity index (χ0n) is 10.5. The fourth-order valence-corrected chi connectivity index (χ4v) is 1.98. The van der Waals surface area contributed by atoms with E-state index >= 15 is 0 Å². The van der Waals surface area contributed by atoms with Crippen LogP contribution in [0.2, 0.25) is 0 Å². The Balaban J connectivity index is 2.35. The average molecular weight is 269 g/mol. The summed E-state index contributed by atoms with van der Waals surface area (Å²) in [6, 6.07) is 2.89. The summed E-state index contributed by atoms with van der Waals surface area (Å²) in [5, 5.41) is 2.79. The predicted octanol–water partition coefficient (Wildman–Crippen LogP) is 0.690. The maximum Gasteiger partial charge on any atom is 0.251 e. The van der Waals surface area contributed by atoms with Gasteiger partial charge in [-0.05, 0) is 30.9 Å². The topological polar surface area (TPSA) is 77.1 Å². The lowest BCUT2D eigenvalue weighted by Crippen LogP contribution is -2.32. The van der Waals surface area contributed by atoms with E-state index in [0.717, 1.165) is 18.6 Å². The van der Waals surface area contributed by atoms with Gasteiger partial charge in [0.2, 0.25) is 5.91 Å². The Labute approximate surface area is 111 Å².